The molecule has 1 N–H and O–H groups in total. The molecule has 2 unspecified atom stereocenters. The summed E-state index contributed by atoms with van der Waals surface area (Å²) in [5.74, 6) is 1.34. The minimum Gasteiger partial charge on any atom is -0.316 e. The third-order valence-electron chi connectivity index (χ3n) is 3.94. The van der Waals surface area contributed by atoms with Gasteiger partial charge in [-0.2, -0.15) is 0 Å². The van der Waals surface area contributed by atoms with E-state index in [2.05, 4.69) is 53.3 Å². The van der Waals surface area contributed by atoms with Crippen LogP contribution in [0.15, 0.2) is 22.7 Å². The summed E-state index contributed by atoms with van der Waals surface area (Å²) in [7, 11) is 0. The van der Waals surface area contributed by atoms with Gasteiger partial charge < -0.3 is 5.32 Å². The second-order valence-electron chi connectivity index (χ2n) is 5.13. The second-order valence-corrected chi connectivity index (χ2v) is 5.99. The molecule has 1 nitrogen and oxygen atoms in total. The molecule has 0 bridgehead atoms. The van der Waals surface area contributed by atoms with Gasteiger partial charge in [-0.15, -0.1) is 0 Å². The summed E-state index contributed by atoms with van der Waals surface area (Å²) in [6.07, 6.45) is 3.82. The van der Waals surface area contributed by atoms with Crippen LogP contribution in [0.1, 0.15) is 56.1 Å². The number of rotatable bonds is 3. The third kappa shape index (κ3) is 3.11. The van der Waals surface area contributed by atoms with Crippen molar-refractivity contribution >= 4 is 15.9 Å². The topological polar surface area (TPSA) is 12.0 Å². The summed E-state index contributed by atoms with van der Waals surface area (Å²) in [6.45, 7) is 6.86. The highest BCUT2D eigenvalue weighted by atomic mass is 79.9. The molecule has 2 heteroatoms. The van der Waals surface area contributed by atoms with Gasteiger partial charge >= 0.3 is 0 Å². The molecule has 1 aliphatic rings. The zero-order valence-corrected chi connectivity index (χ0v) is 12.4. The molecular formula is C15H22BrN. The van der Waals surface area contributed by atoms with Crippen LogP contribution in [-0.2, 0) is 0 Å². The van der Waals surface area contributed by atoms with Crippen LogP contribution in [0.4, 0.5) is 0 Å². The molecule has 1 aliphatic heterocycles. The number of hydrogen-bond acceptors (Lipinski definition) is 1. The first-order valence-electron chi connectivity index (χ1n) is 6.72. The van der Waals surface area contributed by atoms with E-state index in [9.17, 15) is 0 Å². The fourth-order valence-corrected chi connectivity index (χ4v) is 3.34. The lowest BCUT2D eigenvalue weighted by Gasteiger charge is -2.24. The van der Waals surface area contributed by atoms with Crippen LogP contribution in [0.5, 0.6) is 0 Å². The molecule has 0 spiro atoms. The summed E-state index contributed by atoms with van der Waals surface area (Å²) in [4.78, 5) is 0. The molecule has 0 amide bonds. The minimum absolute atomic E-state index is 0.642. The normalized spacial score (nSPS) is 22.4. The van der Waals surface area contributed by atoms with Gasteiger partial charge in [0.2, 0.25) is 0 Å². The Morgan fingerprint density at radius 2 is 2.29 bits per heavy atom. The van der Waals surface area contributed by atoms with Crippen molar-refractivity contribution in [3.63, 3.8) is 0 Å². The van der Waals surface area contributed by atoms with E-state index in [4.69, 9.17) is 0 Å². The van der Waals surface area contributed by atoms with Crippen LogP contribution in [0.3, 0.4) is 0 Å². The molecule has 0 saturated carbocycles. The molecule has 1 saturated heterocycles. The maximum atomic E-state index is 3.73. The lowest BCUT2D eigenvalue weighted by molar-refractivity contribution is 0.461. The monoisotopic (exact) mass is 295 g/mol. The first-order chi connectivity index (χ1) is 8.22. The van der Waals surface area contributed by atoms with Crippen molar-refractivity contribution in [2.45, 2.75) is 44.9 Å². The smallest absolute Gasteiger partial charge is 0.0212 e. The van der Waals surface area contributed by atoms with Crippen molar-refractivity contribution in [1.82, 2.24) is 5.32 Å². The van der Waals surface area contributed by atoms with Gasteiger partial charge in [0, 0.05) is 11.0 Å². The minimum atomic E-state index is 0.642. The van der Waals surface area contributed by atoms with E-state index < -0.39 is 0 Å². The second kappa shape index (κ2) is 6.01. The Kier molecular flexibility index (Phi) is 4.63. The molecule has 1 heterocycles. The van der Waals surface area contributed by atoms with Crippen LogP contribution in [-0.4, -0.2) is 13.1 Å². The van der Waals surface area contributed by atoms with Gasteiger partial charge in [-0.1, -0.05) is 41.9 Å². The molecule has 17 heavy (non-hydrogen) atoms. The summed E-state index contributed by atoms with van der Waals surface area (Å²) >= 11 is 3.73. The number of hydrogen-bond donors (Lipinski definition) is 1. The number of nitrogens with one attached hydrogen (secondary N) is 1. The molecule has 0 aromatic heterocycles. The molecule has 0 radical (unpaired) electrons. The highest BCUT2D eigenvalue weighted by Crippen LogP contribution is 2.31. The fraction of sp³-hybridized carbons (Fsp3) is 0.600. The molecule has 2 rings (SSSR count). The van der Waals surface area contributed by atoms with Crippen molar-refractivity contribution in [2.75, 3.05) is 13.1 Å². The summed E-state index contributed by atoms with van der Waals surface area (Å²) in [5.41, 5.74) is 2.93. The zero-order chi connectivity index (χ0) is 12.3. The Morgan fingerprint density at radius 1 is 1.47 bits per heavy atom. The number of piperidine rings is 1. The SMILES string of the molecule is CCC(C)c1ccc(C2CCCNC2)cc1Br. The van der Waals surface area contributed by atoms with Crippen molar-refractivity contribution in [1.29, 1.82) is 0 Å². The van der Waals surface area contributed by atoms with E-state index in [0.717, 1.165) is 6.54 Å². The first kappa shape index (κ1) is 13.1. The third-order valence-corrected chi connectivity index (χ3v) is 4.62. The quantitative estimate of drug-likeness (QED) is 0.870. The molecule has 94 valence electrons. The van der Waals surface area contributed by atoms with E-state index >= 15 is 0 Å². The van der Waals surface area contributed by atoms with Gasteiger partial charge in [-0.05, 0) is 54.8 Å². The van der Waals surface area contributed by atoms with Crippen molar-refractivity contribution in [3.8, 4) is 0 Å². The average molecular weight is 296 g/mol. The molecule has 1 fully saturated rings. The summed E-state index contributed by atoms with van der Waals surface area (Å²) < 4.78 is 1.29. The standard InChI is InChI=1S/C15H22BrN/c1-3-11(2)14-7-6-12(9-15(14)16)13-5-4-8-17-10-13/h6-7,9,11,13,17H,3-5,8,10H2,1-2H3. The largest absolute Gasteiger partial charge is 0.316 e. The number of halogens is 1. The Morgan fingerprint density at radius 3 is 2.88 bits per heavy atom. The molecule has 0 aliphatic carbocycles. The predicted molar refractivity (Wildman–Crippen MR) is 77.7 cm³/mol. The maximum absolute atomic E-state index is 3.73. The fourth-order valence-electron chi connectivity index (χ4n) is 2.55. The Bertz CT molecular complexity index is 369. The Balaban J connectivity index is 2.17. The zero-order valence-electron chi connectivity index (χ0n) is 10.8. The van der Waals surface area contributed by atoms with Crippen molar-refractivity contribution in [2.24, 2.45) is 0 Å². The van der Waals surface area contributed by atoms with Crippen molar-refractivity contribution in [3.05, 3.63) is 33.8 Å². The molecule has 1 aromatic carbocycles. The van der Waals surface area contributed by atoms with Crippen molar-refractivity contribution < 1.29 is 0 Å². The average Bonchev–Trinajstić information content (AvgIpc) is 2.39. The Hall–Kier alpha value is -0.340. The van der Waals surface area contributed by atoms with Crippen LogP contribution >= 0.6 is 15.9 Å². The first-order valence-corrected chi connectivity index (χ1v) is 7.51. The van der Waals surface area contributed by atoms with Gasteiger partial charge in [-0.3, -0.25) is 0 Å². The van der Waals surface area contributed by atoms with Gasteiger partial charge in [0.25, 0.3) is 0 Å². The van der Waals surface area contributed by atoms with E-state index in [1.807, 2.05) is 0 Å². The predicted octanol–water partition coefficient (Wildman–Crippen LogP) is 4.43. The highest BCUT2D eigenvalue weighted by Gasteiger charge is 2.16. The van der Waals surface area contributed by atoms with Gasteiger partial charge in [0.1, 0.15) is 0 Å². The number of benzene rings is 1. The lowest BCUT2D eigenvalue weighted by Crippen LogP contribution is -2.28. The van der Waals surface area contributed by atoms with E-state index in [1.165, 1.54) is 41.4 Å². The Labute approximate surface area is 113 Å². The maximum Gasteiger partial charge on any atom is 0.0212 e. The van der Waals surface area contributed by atoms with Crippen LogP contribution in [0.25, 0.3) is 0 Å². The van der Waals surface area contributed by atoms with E-state index in [1.54, 1.807) is 0 Å². The van der Waals surface area contributed by atoms with Crippen LogP contribution in [0, 0.1) is 0 Å². The van der Waals surface area contributed by atoms with Crippen LogP contribution < -0.4 is 5.32 Å². The van der Waals surface area contributed by atoms with Crippen LogP contribution in [0.2, 0.25) is 0 Å². The lowest BCUT2D eigenvalue weighted by atomic mass is 9.89. The van der Waals surface area contributed by atoms with E-state index in [0.29, 0.717) is 11.8 Å². The highest BCUT2D eigenvalue weighted by molar-refractivity contribution is 9.10. The van der Waals surface area contributed by atoms with Gasteiger partial charge in [-0.25, -0.2) is 0 Å². The van der Waals surface area contributed by atoms with Gasteiger partial charge in [0.05, 0.1) is 0 Å². The molecule has 2 atom stereocenters. The molecular weight excluding hydrogens is 274 g/mol. The summed E-state index contributed by atoms with van der Waals surface area (Å²) in [6, 6.07) is 6.96. The van der Waals surface area contributed by atoms with E-state index in [-0.39, 0.29) is 0 Å². The molecule has 1 aromatic rings. The summed E-state index contributed by atoms with van der Waals surface area (Å²) in [5, 5.41) is 3.49. The van der Waals surface area contributed by atoms with Gasteiger partial charge in [0.15, 0.2) is 0 Å².